The summed E-state index contributed by atoms with van der Waals surface area (Å²) in [6.45, 7) is 1.21. The van der Waals surface area contributed by atoms with Crippen molar-refractivity contribution in [2.75, 3.05) is 20.3 Å². The normalized spacial score (nSPS) is 19.7. The molecule has 2 aromatic carbocycles. The predicted molar refractivity (Wildman–Crippen MR) is 104 cm³/mol. The molecule has 0 amide bonds. The van der Waals surface area contributed by atoms with E-state index in [2.05, 4.69) is 28.8 Å². The van der Waals surface area contributed by atoms with Gasteiger partial charge < -0.3 is 18.5 Å². The van der Waals surface area contributed by atoms with Crippen LogP contribution < -0.4 is 0 Å². The van der Waals surface area contributed by atoms with Gasteiger partial charge in [-0.15, -0.1) is 0 Å². The first-order valence-electron chi connectivity index (χ1n) is 9.05. The van der Waals surface area contributed by atoms with Gasteiger partial charge in [0.1, 0.15) is 11.7 Å². The maximum atomic E-state index is 5.69. The Morgan fingerprint density at radius 1 is 1.04 bits per heavy atom. The summed E-state index contributed by atoms with van der Waals surface area (Å²) in [5, 5.41) is 1.07. The first kappa shape index (κ1) is 16.3. The Bertz CT molecular complexity index is 1070. The van der Waals surface area contributed by atoms with Crippen LogP contribution in [0.25, 0.3) is 33.5 Å². The molecule has 1 saturated heterocycles. The van der Waals surface area contributed by atoms with Crippen molar-refractivity contribution >= 4 is 11.0 Å². The van der Waals surface area contributed by atoms with E-state index >= 15 is 0 Å². The molecule has 2 aromatic heterocycles. The van der Waals surface area contributed by atoms with Crippen LogP contribution in [0.4, 0.5) is 0 Å². The van der Waals surface area contributed by atoms with Crippen LogP contribution in [0.15, 0.2) is 71.6 Å². The number of nitrogens with zero attached hydrogens (tertiary/aromatic N) is 2. The van der Waals surface area contributed by atoms with Crippen LogP contribution in [0.5, 0.6) is 0 Å². The lowest BCUT2D eigenvalue weighted by Gasteiger charge is -2.21. The van der Waals surface area contributed by atoms with E-state index < -0.39 is 0 Å². The molecule has 5 heteroatoms. The van der Waals surface area contributed by atoms with Gasteiger partial charge in [-0.3, -0.25) is 0 Å². The van der Waals surface area contributed by atoms with E-state index in [0.717, 1.165) is 33.5 Å². The van der Waals surface area contributed by atoms with Crippen molar-refractivity contribution in [2.24, 2.45) is 0 Å². The van der Waals surface area contributed by atoms with Crippen LogP contribution in [0, 0.1) is 0 Å². The third-order valence-electron chi connectivity index (χ3n) is 5.23. The Balaban J connectivity index is 1.71. The number of aromatic nitrogens is 2. The molecule has 0 unspecified atom stereocenters. The molecule has 2 atom stereocenters. The van der Waals surface area contributed by atoms with Gasteiger partial charge in [0.15, 0.2) is 0 Å². The lowest BCUT2D eigenvalue weighted by molar-refractivity contribution is 0.0688. The molecule has 3 heterocycles. The molecule has 5 nitrogen and oxygen atoms in total. The number of hydrogen-bond donors (Lipinski definition) is 0. The third-order valence-corrected chi connectivity index (χ3v) is 5.23. The highest BCUT2D eigenvalue weighted by molar-refractivity contribution is 5.87. The number of fused-ring (bicyclic) bond motifs is 1. The fourth-order valence-corrected chi connectivity index (χ4v) is 3.83. The summed E-state index contributed by atoms with van der Waals surface area (Å²) in [5.74, 6) is 0. The van der Waals surface area contributed by atoms with Gasteiger partial charge in [-0.1, -0.05) is 30.3 Å². The Morgan fingerprint density at radius 2 is 1.93 bits per heavy atom. The lowest BCUT2D eigenvalue weighted by Crippen LogP contribution is -2.24. The molecule has 0 radical (unpaired) electrons. The highest BCUT2D eigenvalue weighted by Crippen LogP contribution is 2.37. The van der Waals surface area contributed by atoms with Gasteiger partial charge in [0.25, 0.3) is 0 Å². The van der Waals surface area contributed by atoms with Crippen molar-refractivity contribution in [3.63, 3.8) is 0 Å². The number of hydrogen-bond acceptors (Lipinski definition) is 4. The molecular weight excluding hydrogens is 340 g/mol. The average Bonchev–Trinajstić information content (AvgIpc) is 3.45. The summed E-state index contributed by atoms with van der Waals surface area (Å²) in [6.07, 6.45) is 3.64. The van der Waals surface area contributed by atoms with Gasteiger partial charge in [0.05, 0.1) is 43.2 Å². The Hall–Kier alpha value is -2.89. The molecule has 0 bridgehead atoms. The number of benzene rings is 2. The van der Waals surface area contributed by atoms with E-state index in [1.807, 2.05) is 36.7 Å². The Kier molecular flexibility index (Phi) is 4.03. The number of methoxy groups -OCH3 is 1. The molecule has 136 valence electrons. The van der Waals surface area contributed by atoms with E-state index in [1.54, 1.807) is 13.4 Å². The largest absolute Gasteiger partial charge is 0.464 e. The summed E-state index contributed by atoms with van der Waals surface area (Å²) in [4.78, 5) is 4.77. The van der Waals surface area contributed by atoms with Crippen LogP contribution in [0.1, 0.15) is 6.04 Å². The maximum Gasteiger partial charge on any atom is 0.133 e. The standard InChI is InChI=1S/C22H20N2O3/c1-25-20-13-26-12-18(20)24-14-23-21(15-5-3-2-4-6-15)22(24)17-7-8-19-16(11-17)9-10-27-19/h2-11,14,18,20H,12-13H2,1H3/t18-,20-/m0/s1. The van der Waals surface area contributed by atoms with E-state index in [0.29, 0.717) is 13.2 Å². The molecule has 1 aliphatic heterocycles. The summed E-state index contributed by atoms with van der Waals surface area (Å²) in [6, 6.07) is 18.6. The van der Waals surface area contributed by atoms with Crippen molar-refractivity contribution in [3.8, 4) is 22.5 Å². The monoisotopic (exact) mass is 360 g/mol. The Morgan fingerprint density at radius 3 is 2.78 bits per heavy atom. The van der Waals surface area contributed by atoms with E-state index in [-0.39, 0.29) is 12.1 Å². The van der Waals surface area contributed by atoms with Crippen molar-refractivity contribution in [1.82, 2.24) is 9.55 Å². The average molecular weight is 360 g/mol. The summed E-state index contributed by atoms with van der Waals surface area (Å²) in [5.41, 5.74) is 5.10. The van der Waals surface area contributed by atoms with E-state index in [1.165, 1.54) is 0 Å². The zero-order valence-corrected chi connectivity index (χ0v) is 15.0. The number of ether oxygens (including phenoxy) is 2. The van der Waals surface area contributed by atoms with Gasteiger partial charge in [0, 0.05) is 23.6 Å². The molecule has 0 aliphatic carbocycles. The zero-order chi connectivity index (χ0) is 18.2. The second-order valence-electron chi connectivity index (χ2n) is 6.77. The highest BCUT2D eigenvalue weighted by atomic mass is 16.5. The second-order valence-corrected chi connectivity index (χ2v) is 6.77. The molecular formula is C22H20N2O3. The summed E-state index contributed by atoms with van der Waals surface area (Å²) >= 11 is 0. The van der Waals surface area contributed by atoms with E-state index in [9.17, 15) is 0 Å². The first-order valence-corrected chi connectivity index (χ1v) is 9.05. The fraction of sp³-hybridized carbons (Fsp3) is 0.227. The molecule has 1 aliphatic rings. The van der Waals surface area contributed by atoms with Crippen LogP contribution in [-0.2, 0) is 9.47 Å². The minimum Gasteiger partial charge on any atom is -0.464 e. The van der Waals surface area contributed by atoms with Gasteiger partial charge in [0.2, 0.25) is 0 Å². The quantitative estimate of drug-likeness (QED) is 0.536. The summed E-state index contributed by atoms with van der Waals surface area (Å²) < 4.78 is 19.0. The molecule has 0 saturated carbocycles. The van der Waals surface area contributed by atoms with Crippen LogP contribution >= 0.6 is 0 Å². The lowest BCUT2D eigenvalue weighted by atomic mass is 10.0. The van der Waals surface area contributed by atoms with E-state index in [4.69, 9.17) is 18.9 Å². The van der Waals surface area contributed by atoms with Crippen molar-refractivity contribution in [2.45, 2.75) is 12.1 Å². The highest BCUT2D eigenvalue weighted by Gasteiger charge is 2.32. The first-order chi connectivity index (χ1) is 13.3. The topological polar surface area (TPSA) is 49.4 Å². The zero-order valence-electron chi connectivity index (χ0n) is 15.0. The Labute approximate surface area is 157 Å². The molecule has 0 spiro atoms. The number of furan rings is 1. The molecule has 5 rings (SSSR count). The molecule has 1 fully saturated rings. The second kappa shape index (κ2) is 6.68. The number of rotatable bonds is 4. The van der Waals surface area contributed by atoms with Crippen LogP contribution in [0.3, 0.4) is 0 Å². The maximum absolute atomic E-state index is 5.69. The van der Waals surface area contributed by atoms with Crippen molar-refractivity contribution < 1.29 is 13.9 Å². The molecule has 27 heavy (non-hydrogen) atoms. The van der Waals surface area contributed by atoms with Crippen molar-refractivity contribution in [3.05, 3.63) is 67.2 Å². The minimum absolute atomic E-state index is 0.0132. The molecule has 0 N–H and O–H groups in total. The van der Waals surface area contributed by atoms with Gasteiger partial charge in [-0.25, -0.2) is 4.98 Å². The third kappa shape index (κ3) is 2.76. The van der Waals surface area contributed by atoms with Gasteiger partial charge in [-0.05, 0) is 24.3 Å². The van der Waals surface area contributed by atoms with Crippen LogP contribution in [-0.4, -0.2) is 36.0 Å². The van der Waals surface area contributed by atoms with Crippen LogP contribution in [0.2, 0.25) is 0 Å². The van der Waals surface area contributed by atoms with Gasteiger partial charge in [-0.2, -0.15) is 0 Å². The number of imidazole rings is 1. The fourth-order valence-electron chi connectivity index (χ4n) is 3.83. The van der Waals surface area contributed by atoms with Crippen molar-refractivity contribution in [1.29, 1.82) is 0 Å². The minimum atomic E-state index is 0.0132. The SMILES string of the molecule is CO[C@H]1COC[C@@H]1n1cnc(-c2ccccc2)c1-c1ccc2occc2c1. The predicted octanol–water partition coefficient (Wildman–Crippen LogP) is 4.55. The molecule has 4 aromatic rings. The summed E-state index contributed by atoms with van der Waals surface area (Å²) in [7, 11) is 1.73. The van der Waals surface area contributed by atoms with Gasteiger partial charge >= 0.3 is 0 Å². The smallest absolute Gasteiger partial charge is 0.133 e.